The monoisotopic (exact) mass is 472 g/mol. The molecule has 4 N–H and O–H groups in total. The normalized spacial score (nSPS) is 13.0. The topological polar surface area (TPSA) is 96.2 Å². The predicted octanol–water partition coefficient (Wildman–Crippen LogP) is 4.69. The van der Waals surface area contributed by atoms with Crippen molar-refractivity contribution in [2.24, 2.45) is 5.73 Å². The lowest BCUT2D eigenvalue weighted by Gasteiger charge is -2.35. The predicted molar refractivity (Wildman–Crippen MR) is 139 cm³/mol. The Labute approximate surface area is 202 Å². The van der Waals surface area contributed by atoms with Crippen molar-refractivity contribution in [3.05, 3.63) is 64.8 Å². The van der Waals surface area contributed by atoms with Crippen molar-refractivity contribution in [1.29, 1.82) is 0 Å². The lowest BCUT2D eigenvalue weighted by atomic mass is 9.88. The summed E-state index contributed by atoms with van der Waals surface area (Å²) in [5.74, 6) is 5.80. The fourth-order valence-electron chi connectivity index (χ4n) is 3.90. The molecular formula is C27H32N4O2Si. The van der Waals surface area contributed by atoms with Crippen molar-refractivity contribution in [3.8, 4) is 28.8 Å². The molecule has 6 nitrogen and oxygen atoms in total. The lowest BCUT2D eigenvalue weighted by molar-refractivity contribution is 0.0994. The van der Waals surface area contributed by atoms with Crippen molar-refractivity contribution < 1.29 is 9.22 Å². The van der Waals surface area contributed by atoms with Crippen LogP contribution in [0.4, 0.5) is 5.69 Å². The van der Waals surface area contributed by atoms with Gasteiger partial charge in [-0.3, -0.25) is 4.79 Å². The van der Waals surface area contributed by atoms with Gasteiger partial charge >= 0.3 is 0 Å². The zero-order valence-electron chi connectivity index (χ0n) is 20.5. The summed E-state index contributed by atoms with van der Waals surface area (Å²) in [5.41, 5.74) is 18.4. The van der Waals surface area contributed by atoms with Crippen LogP contribution in [0.15, 0.2) is 42.5 Å². The minimum absolute atomic E-state index is 0.159. The first-order chi connectivity index (χ1) is 16.0. The molecule has 0 spiro atoms. The van der Waals surface area contributed by atoms with Crippen molar-refractivity contribution in [1.82, 2.24) is 9.78 Å². The van der Waals surface area contributed by atoms with E-state index in [2.05, 4.69) is 50.8 Å². The van der Waals surface area contributed by atoms with Crippen LogP contribution in [0.5, 0.6) is 0 Å². The molecule has 0 bridgehead atoms. The molecule has 1 aliphatic rings. The summed E-state index contributed by atoms with van der Waals surface area (Å²) in [6.07, 6.45) is 1.53. The average Bonchev–Trinajstić information content (AvgIpc) is 3.17. The second-order valence-corrected chi connectivity index (χ2v) is 15.1. The Kier molecular flexibility index (Phi) is 6.15. The van der Waals surface area contributed by atoms with E-state index < -0.39 is 14.2 Å². The van der Waals surface area contributed by atoms with Crippen molar-refractivity contribution in [2.45, 2.75) is 51.7 Å². The highest BCUT2D eigenvalue weighted by Crippen LogP contribution is 2.38. The molecular weight excluding hydrogens is 440 g/mol. The number of carbonyl (C=O) groups excluding carboxylic acids is 1. The maximum Gasteiger partial charge on any atom is 0.269 e. The van der Waals surface area contributed by atoms with E-state index in [1.165, 1.54) is 5.56 Å². The molecule has 34 heavy (non-hydrogen) atoms. The van der Waals surface area contributed by atoms with E-state index in [0.717, 1.165) is 34.5 Å². The van der Waals surface area contributed by atoms with Crippen LogP contribution in [0.1, 0.15) is 48.0 Å². The number of nitrogens with zero attached hydrogens (tertiary/aromatic N) is 2. The minimum Gasteiger partial charge on any atom is -0.406 e. The number of aryl methyl sites for hydroxylation is 1. The minimum atomic E-state index is -1.81. The van der Waals surface area contributed by atoms with Gasteiger partial charge < -0.3 is 15.9 Å². The summed E-state index contributed by atoms with van der Waals surface area (Å²) in [7, 11) is -1.81. The number of hydrogen-bond donors (Lipinski definition) is 2. The number of hydrogen-bond acceptors (Lipinski definition) is 4. The number of rotatable bonds is 4. The molecule has 0 saturated carbocycles. The summed E-state index contributed by atoms with van der Waals surface area (Å²) < 4.78 is 7.93. The smallest absolute Gasteiger partial charge is 0.269 e. The Bertz CT molecular complexity index is 1310. The van der Waals surface area contributed by atoms with E-state index >= 15 is 0 Å². The molecule has 7 heteroatoms. The summed E-state index contributed by atoms with van der Waals surface area (Å²) in [6.45, 7) is 11.5. The average molecular weight is 473 g/mol. The van der Waals surface area contributed by atoms with Gasteiger partial charge in [-0.25, -0.2) is 4.68 Å². The molecule has 1 heterocycles. The maximum absolute atomic E-state index is 12.1. The summed E-state index contributed by atoms with van der Waals surface area (Å²) >= 11 is 0. The fourth-order valence-corrected chi connectivity index (χ4v) is 4.76. The van der Waals surface area contributed by atoms with Crippen LogP contribution in [0.3, 0.4) is 0 Å². The van der Waals surface area contributed by atoms with Gasteiger partial charge in [-0.05, 0) is 72.9 Å². The zero-order valence-corrected chi connectivity index (χ0v) is 21.5. The number of benzene rings is 2. The van der Waals surface area contributed by atoms with Gasteiger partial charge in [-0.1, -0.05) is 38.7 Å². The van der Waals surface area contributed by atoms with Gasteiger partial charge in [0.2, 0.25) is 0 Å². The molecule has 0 unspecified atom stereocenters. The van der Waals surface area contributed by atoms with Gasteiger partial charge in [0.1, 0.15) is 0 Å². The second-order valence-electron chi connectivity index (χ2n) is 10.3. The second kappa shape index (κ2) is 8.78. The number of amides is 1. The third kappa shape index (κ3) is 4.52. The molecule has 0 fully saturated rings. The third-order valence-corrected chi connectivity index (χ3v) is 11.4. The Balaban J connectivity index is 1.63. The van der Waals surface area contributed by atoms with E-state index in [9.17, 15) is 4.79 Å². The summed E-state index contributed by atoms with van der Waals surface area (Å²) in [5, 5.41) is 4.75. The van der Waals surface area contributed by atoms with Gasteiger partial charge in [-0.2, -0.15) is 5.10 Å². The first-order valence-corrected chi connectivity index (χ1v) is 14.4. The number of primary amides is 1. The molecule has 1 amide bonds. The highest BCUT2D eigenvalue weighted by molar-refractivity contribution is 6.74. The lowest BCUT2D eigenvalue weighted by Crippen LogP contribution is -2.40. The van der Waals surface area contributed by atoms with Crippen LogP contribution in [-0.2, 0) is 17.3 Å². The van der Waals surface area contributed by atoms with Gasteiger partial charge in [0, 0.05) is 22.4 Å². The van der Waals surface area contributed by atoms with Gasteiger partial charge in [0.25, 0.3) is 5.91 Å². The van der Waals surface area contributed by atoms with Crippen LogP contribution in [0.2, 0.25) is 18.1 Å². The van der Waals surface area contributed by atoms with Crippen LogP contribution >= 0.6 is 0 Å². The van der Waals surface area contributed by atoms with E-state index in [-0.39, 0.29) is 5.04 Å². The maximum atomic E-state index is 12.1. The van der Waals surface area contributed by atoms with Crippen LogP contribution in [-0.4, -0.2) is 30.6 Å². The summed E-state index contributed by atoms with van der Waals surface area (Å²) in [4.78, 5) is 12.1. The molecule has 1 aromatic heterocycles. The van der Waals surface area contributed by atoms with Crippen molar-refractivity contribution >= 4 is 19.9 Å². The number of nitrogens with two attached hydrogens (primary N) is 2. The summed E-state index contributed by atoms with van der Waals surface area (Å²) in [6, 6.07) is 13.7. The van der Waals surface area contributed by atoms with Gasteiger partial charge in [0.05, 0.1) is 18.0 Å². The SMILES string of the molecule is CC(C)(C)[Si](C)(C)OCC#Cc1ccc(-n2nc(C(N)=O)c3c2-c2cc(N)ccc2CC3)cc1. The first kappa shape index (κ1) is 23.8. The Morgan fingerprint density at radius 1 is 1.15 bits per heavy atom. The number of nitrogen functional groups attached to an aromatic ring is 1. The van der Waals surface area contributed by atoms with E-state index in [1.807, 2.05) is 42.5 Å². The van der Waals surface area contributed by atoms with Gasteiger partial charge in [-0.15, -0.1) is 0 Å². The molecule has 1 aliphatic carbocycles. The third-order valence-electron chi connectivity index (χ3n) is 6.91. The Hall–Kier alpha value is -3.34. The number of fused-ring (bicyclic) bond motifs is 3. The Morgan fingerprint density at radius 2 is 1.85 bits per heavy atom. The molecule has 0 saturated heterocycles. The quantitative estimate of drug-likeness (QED) is 0.327. The first-order valence-electron chi connectivity index (χ1n) is 11.5. The Morgan fingerprint density at radius 3 is 2.50 bits per heavy atom. The molecule has 0 aliphatic heterocycles. The van der Waals surface area contributed by atoms with Crippen molar-refractivity contribution in [2.75, 3.05) is 12.3 Å². The zero-order chi connectivity index (χ0) is 24.7. The van der Waals surface area contributed by atoms with Crippen molar-refractivity contribution in [3.63, 3.8) is 0 Å². The molecule has 0 radical (unpaired) electrons. The standard InChI is InChI=1S/C27H32N4O2Si/c1-27(2,3)34(4,5)33-16-6-7-18-8-13-21(14-9-18)31-25-22(24(30-31)26(29)32)15-11-19-10-12-20(28)17-23(19)25/h8-10,12-14,17H,11,15-16,28H2,1-5H3,(H2,29,32). The highest BCUT2D eigenvalue weighted by atomic mass is 28.4. The molecule has 176 valence electrons. The van der Waals surface area contributed by atoms with E-state index in [4.69, 9.17) is 15.9 Å². The number of aromatic nitrogens is 2. The van der Waals surface area contributed by atoms with E-state index in [1.54, 1.807) is 4.68 Å². The van der Waals surface area contributed by atoms with Crippen LogP contribution < -0.4 is 11.5 Å². The highest BCUT2D eigenvalue weighted by Gasteiger charge is 2.36. The number of carbonyl (C=O) groups is 1. The van der Waals surface area contributed by atoms with Gasteiger partial charge in [0.15, 0.2) is 14.0 Å². The van der Waals surface area contributed by atoms with Crippen LogP contribution in [0, 0.1) is 11.8 Å². The molecule has 4 rings (SSSR count). The molecule has 0 atom stereocenters. The molecule has 3 aromatic rings. The van der Waals surface area contributed by atoms with E-state index in [0.29, 0.717) is 24.4 Å². The molecule has 2 aromatic carbocycles. The van der Waals surface area contributed by atoms with Crippen LogP contribution in [0.25, 0.3) is 16.9 Å². The largest absolute Gasteiger partial charge is 0.406 e. The fraction of sp³-hybridized carbons (Fsp3) is 0.333. The number of anilines is 1.